The Hall–Kier alpha value is -3.39. The van der Waals surface area contributed by atoms with E-state index in [0.717, 1.165) is 41.7 Å². The predicted octanol–water partition coefficient (Wildman–Crippen LogP) is 4.68. The van der Waals surface area contributed by atoms with Crippen LogP contribution in [0.1, 0.15) is 42.8 Å². The molecule has 0 aliphatic heterocycles. The van der Waals surface area contributed by atoms with Crippen molar-refractivity contribution in [3.63, 3.8) is 0 Å². The van der Waals surface area contributed by atoms with Gasteiger partial charge in [-0.3, -0.25) is 4.79 Å². The van der Waals surface area contributed by atoms with Crippen LogP contribution in [-0.4, -0.2) is 36.2 Å². The molecule has 4 aromatic rings. The van der Waals surface area contributed by atoms with Crippen LogP contribution in [0.25, 0.3) is 5.69 Å². The molecule has 7 nitrogen and oxygen atoms in total. The van der Waals surface area contributed by atoms with Gasteiger partial charge in [0, 0.05) is 24.9 Å². The minimum Gasteiger partial charge on any atom is -0.310 e. The smallest absolute Gasteiger partial charge is 0.236 e. The maximum absolute atomic E-state index is 12.8. The zero-order valence-corrected chi connectivity index (χ0v) is 19.3. The van der Waals surface area contributed by atoms with Crippen LogP contribution in [0.2, 0.25) is 0 Å². The Labute approximate surface area is 197 Å². The number of benzene rings is 2. The van der Waals surface area contributed by atoms with Crippen molar-refractivity contribution in [2.45, 2.75) is 43.8 Å². The number of carbonyl (C=O) groups is 1. The molecule has 0 radical (unpaired) electrons. The van der Waals surface area contributed by atoms with E-state index in [0.29, 0.717) is 18.2 Å². The molecule has 0 spiro atoms. The molecule has 1 amide bonds. The number of amides is 1. The molecule has 2 aromatic carbocycles. The monoisotopic (exact) mass is 458 g/mol. The second kappa shape index (κ2) is 9.62. The van der Waals surface area contributed by atoms with Gasteiger partial charge in [-0.05, 0) is 37.5 Å². The Balaban J connectivity index is 1.27. The van der Waals surface area contributed by atoms with Crippen molar-refractivity contribution in [1.82, 2.24) is 24.5 Å². The number of nitrogens with zero attached hydrogens (tertiary/aromatic N) is 5. The highest BCUT2D eigenvalue weighted by molar-refractivity contribution is 7.99. The third-order valence-corrected chi connectivity index (χ3v) is 6.61. The molecule has 33 heavy (non-hydrogen) atoms. The maximum atomic E-state index is 12.8. The van der Waals surface area contributed by atoms with Gasteiger partial charge >= 0.3 is 0 Å². The van der Waals surface area contributed by atoms with E-state index in [1.54, 1.807) is 0 Å². The number of anilines is 1. The van der Waals surface area contributed by atoms with Crippen LogP contribution >= 0.6 is 11.8 Å². The first-order valence-corrected chi connectivity index (χ1v) is 12.2. The number of rotatable bonds is 9. The number of nitrogens with one attached hydrogen (secondary N) is 1. The molecule has 0 unspecified atom stereocenters. The summed E-state index contributed by atoms with van der Waals surface area (Å²) in [5, 5.41) is 17.3. The van der Waals surface area contributed by atoms with Crippen molar-refractivity contribution in [2.75, 3.05) is 11.1 Å². The average molecular weight is 459 g/mol. The first-order valence-electron chi connectivity index (χ1n) is 11.3. The molecule has 2 heterocycles. The molecule has 8 heteroatoms. The fourth-order valence-electron chi connectivity index (χ4n) is 3.79. The molecular formula is C25H26N6OS. The first kappa shape index (κ1) is 21.5. The van der Waals surface area contributed by atoms with Crippen LogP contribution in [0.5, 0.6) is 0 Å². The topological polar surface area (TPSA) is 77.6 Å². The Kier molecular flexibility index (Phi) is 6.26. The molecule has 1 fully saturated rings. The highest BCUT2D eigenvalue weighted by Crippen LogP contribution is 2.40. The van der Waals surface area contributed by atoms with E-state index >= 15 is 0 Å². The molecule has 1 aliphatic rings. The van der Waals surface area contributed by atoms with E-state index in [2.05, 4.69) is 39.1 Å². The van der Waals surface area contributed by atoms with Crippen molar-refractivity contribution in [2.24, 2.45) is 0 Å². The van der Waals surface area contributed by atoms with Crippen LogP contribution in [0.15, 0.2) is 71.9 Å². The van der Waals surface area contributed by atoms with Gasteiger partial charge in [0.2, 0.25) is 5.91 Å². The van der Waals surface area contributed by atoms with E-state index in [1.807, 2.05) is 59.3 Å². The van der Waals surface area contributed by atoms with Gasteiger partial charge in [-0.15, -0.1) is 10.2 Å². The van der Waals surface area contributed by atoms with E-state index in [-0.39, 0.29) is 11.7 Å². The second-order valence-electron chi connectivity index (χ2n) is 8.12. The highest BCUT2D eigenvalue weighted by atomic mass is 32.2. The Morgan fingerprint density at radius 1 is 1.06 bits per heavy atom. The first-order chi connectivity index (χ1) is 16.2. The molecule has 1 N–H and O–H groups in total. The quantitative estimate of drug-likeness (QED) is 0.369. The van der Waals surface area contributed by atoms with Gasteiger partial charge in [0.1, 0.15) is 11.6 Å². The zero-order valence-electron chi connectivity index (χ0n) is 18.5. The van der Waals surface area contributed by atoms with Gasteiger partial charge in [-0.25, -0.2) is 4.68 Å². The van der Waals surface area contributed by atoms with Crippen molar-refractivity contribution >= 4 is 23.5 Å². The molecular weight excluding hydrogens is 432 g/mol. The maximum Gasteiger partial charge on any atom is 0.236 e. The summed E-state index contributed by atoms with van der Waals surface area (Å²) in [6.07, 6.45) is 3.04. The van der Waals surface area contributed by atoms with E-state index < -0.39 is 0 Å². The molecule has 168 valence electrons. The fourth-order valence-corrected chi connectivity index (χ4v) is 4.62. The van der Waals surface area contributed by atoms with E-state index in [1.165, 1.54) is 17.3 Å². The van der Waals surface area contributed by atoms with Crippen molar-refractivity contribution in [3.05, 3.63) is 83.8 Å². The molecule has 1 saturated carbocycles. The molecule has 0 atom stereocenters. The third-order valence-electron chi connectivity index (χ3n) is 5.64. The molecule has 5 rings (SSSR count). The lowest BCUT2D eigenvalue weighted by molar-refractivity contribution is -0.113. The Bertz CT molecular complexity index is 1230. The lowest BCUT2D eigenvalue weighted by Gasteiger charge is -2.09. The summed E-state index contributed by atoms with van der Waals surface area (Å²) >= 11 is 1.41. The highest BCUT2D eigenvalue weighted by Gasteiger charge is 2.28. The molecule has 0 saturated heterocycles. The summed E-state index contributed by atoms with van der Waals surface area (Å²) in [5.74, 6) is 2.28. The van der Waals surface area contributed by atoms with Gasteiger partial charge in [0.15, 0.2) is 5.16 Å². The molecule has 2 aromatic heterocycles. The van der Waals surface area contributed by atoms with Gasteiger partial charge in [0.25, 0.3) is 0 Å². The number of thioether (sulfide) groups is 1. The lowest BCUT2D eigenvalue weighted by atomic mass is 10.1. The number of hydrogen-bond donors (Lipinski definition) is 1. The largest absolute Gasteiger partial charge is 0.310 e. The minimum atomic E-state index is -0.0882. The SMILES string of the molecule is CCn1c(Cc2ccccc2)nnc1SCC(=O)Nc1cc(C2CC2)nn1-c1ccccc1. The van der Waals surface area contributed by atoms with Crippen molar-refractivity contribution in [3.8, 4) is 5.69 Å². The lowest BCUT2D eigenvalue weighted by Crippen LogP contribution is -2.17. The molecule has 1 aliphatic carbocycles. The van der Waals surface area contributed by atoms with Gasteiger partial charge in [-0.1, -0.05) is 60.3 Å². The fraction of sp³-hybridized carbons (Fsp3) is 0.280. The summed E-state index contributed by atoms with van der Waals surface area (Å²) < 4.78 is 3.90. The van der Waals surface area contributed by atoms with Crippen LogP contribution < -0.4 is 5.32 Å². The second-order valence-corrected chi connectivity index (χ2v) is 9.06. The minimum absolute atomic E-state index is 0.0882. The summed E-state index contributed by atoms with van der Waals surface area (Å²) in [6.45, 7) is 2.82. The molecule has 0 bridgehead atoms. The number of aromatic nitrogens is 5. The number of hydrogen-bond acceptors (Lipinski definition) is 5. The normalized spacial score (nSPS) is 13.2. The van der Waals surface area contributed by atoms with E-state index in [9.17, 15) is 4.79 Å². The standard InChI is InChI=1S/C25H26N6OS/c1-2-30-23(15-18-9-5-3-6-10-18)27-28-25(30)33-17-24(32)26-22-16-21(19-13-14-19)29-31(22)20-11-7-4-8-12-20/h3-12,16,19H,2,13-15,17H2,1H3,(H,26,32). The van der Waals surface area contributed by atoms with Gasteiger partial charge < -0.3 is 9.88 Å². The van der Waals surface area contributed by atoms with Crippen molar-refractivity contribution in [1.29, 1.82) is 0 Å². The zero-order chi connectivity index (χ0) is 22.6. The third kappa shape index (κ3) is 5.01. The summed E-state index contributed by atoms with van der Waals surface area (Å²) in [7, 11) is 0. The summed E-state index contributed by atoms with van der Waals surface area (Å²) in [6, 6.07) is 22.1. The van der Waals surface area contributed by atoms with E-state index in [4.69, 9.17) is 5.10 Å². The van der Waals surface area contributed by atoms with Crippen molar-refractivity contribution < 1.29 is 4.79 Å². The number of para-hydroxylation sites is 1. The summed E-state index contributed by atoms with van der Waals surface area (Å²) in [4.78, 5) is 12.8. The predicted molar refractivity (Wildman–Crippen MR) is 130 cm³/mol. The van der Waals surface area contributed by atoms with Crippen LogP contribution in [0.3, 0.4) is 0 Å². The van der Waals surface area contributed by atoms with Gasteiger partial charge in [0.05, 0.1) is 17.1 Å². The van der Waals surface area contributed by atoms with Crippen LogP contribution in [0, 0.1) is 0 Å². The Morgan fingerprint density at radius 2 is 1.79 bits per heavy atom. The Morgan fingerprint density at radius 3 is 2.48 bits per heavy atom. The summed E-state index contributed by atoms with van der Waals surface area (Å²) in [5.41, 5.74) is 3.16. The van der Waals surface area contributed by atoms with Crippen LogP contribution in [-0.2, 0) is 17.8 Å². The number of carbonyl (C=O) groups excluding carboxylic acids is 1. The van der Waals surface area contributed by atoms with Crippen LogP contribution in [0.4, 0.5) is 5.82 Å². The van der Waals surface area contributed by atoms with Gasteiger partial charge in [-0.2, -0.15) is 5.10 Å². The average Bonchev–Trinajstić information content (AvgIpc) is 3.51.